The normalized spacial score (nSPS) is 11.0. The van der Waals surface area contributed by atoms with Gasteiger partial charge < -0.3 is 10.6 Å². The molecule has 0 unspecified atom stereocenters. The third kappa shape index (κ3) is 5.77. The van der Waals surface area contributed by atoms with Crippen LogP contribution in [0.1, 0.15) is 42.6 Å². The molecule has 2 amide bonds. The quantitative estimate of drug-likeness (QED) is 0.477. The number of benzene rings is 2. The van der Waals surface area contributed by atoms with Crippen LogP contribution < -0.4 is 10.6 Å². The number of hydrogen-bond acceptors (Lipinski definition) is 4. The number of non-ortho nitro benzene ring substituents is 1. The van der Waals surface area contributed by atoms with Gasteiger partial charge in [0.05, 0.1) is 11.5 Å². The average Bonchev–Trinajstić information content (AvgIpc) is 2.74. The Morgan fingerprint density at radius 1 is 1.07 bits per heavy atom. The van der Waals surface area contributed by atoms with Crippen molar-refractivity contribution in [2.75, 3.05) is 13.1 Å². The Hall–Kier alpha value is -2.93. The molecule has 154 valence electrons. The summed E-state index contributed by atoms with van der Waals surface area (Å²) in [5.41, 5.74) is 0.808. The lowest BCUT2D eigenvalue weighted by molar-refractivity contribution is -0.384. The molecule has 2 aromatic carbocycles. The predicted molar refractivity (Wildman–Crippen MR) is 112 cm³/mol. The second kappa shape index (κ2) is 10.0. The van der Waals surface area contributed by atoms with Gasteiger partial charge in [-0.3, -0.25) is 19.7 Å². The molecule has 0 atom stereocenters. The van der Waals surface area contributed by atoms with Gasteiger partial charge in [0.25, 0.3) is 11.6 Å². The summed E-state index contributed by atoms with van der Waals surface area (Å²) in [5, 5.41) is 16.8. The van der Waals surface area contributed by atoms with Crippen molar-refractivity contribution in [1.29, 1.82) is 0 Å². The van der Waals surface area contributed by atoms with Crippen molar-refractivity contribution in [3.63, 3.8) is 0 Å². The van der Waals surface area contributed by atoms with E-state index in [1.165, 1.54) is 24.3 Å². The highest BCUT2D eigenvalue weighted by Crippen LogP contribution is 2.31. The van der Waals surface area contributed by atoms with E-state index in [2.05, 4.69) is 24.5 Å². The largest absolute Gasteiger partial charge is 0.354 e. The van der Waals surface area contributed by atoms with E-state index < -0.39 is 10.8 Å². The van der Waals surface area contributed by atoms with E-state index >= 15 is 0 Å². The molecule has 2 aromatic rings. The fourth-order valence-corrected chi connectivity index (χ4v) is 3.29. The molecule has 0 aromatic heterocycles. The van der Waals surface area contributed by atoms with Crippen molar-refractivity contribution >= 4 is 29.1 Å². The Bertz CT molecular complexity index is 880. The molecule has 0 aliphatic heterocycles. The highest BCUT2D eigenvalue weighted by atomic mass is 35.5. The molecule has 0 saturated carbocycles. The van der Waals surface area contributed by atoms with Gasteiger partial charge in [0.1, 0.15) is 0 Å². The summed E-state index contributed by atoms with van der Waals surface area (Å²) < 4.78 is 0. The van der Waals surface area contributed by atoms with E-state index in [-0.39, 0.29) is 29.1 Å². The maximum absolute atomic E-state index is 12.3. The van der Waals surface area contributed by atoms with E-state index in [9.17, 15) is 19.7 Å². The van der Waals surface area contributed by atoms with Crippen molar-refractivity contribution in [2.45, 2.75) is 32.1 Å². The van der Waals surface area contributed by atoms with Crippen LogP contribution in [0, 0.1) is 10.1 Å². The minimum absolute atomic E-state index is 0.129. The Kier molecular flexibility index (Phi) is 7.73. The molecule has 0 spiro atoms. The van der Waals surface area contributed by atoms with Crippen LogP contribution in [-0.2, 0) is 10.2 Å². The summed E-state index contributed by atoms with van der Waals surface area (Å²) in [7, 11) is 0. The zero-order valence-electron chi connectivity index (χ0n) is 16.4. The summed E-state index contributed by atoms with van der Waals surface area (Å²) in [4.78, 5) is 34.7. The van der Waals surface area contributed by atoms with Gasteiger partial charge in [-0.15, -0.1) is 0 Å². The molecule has 8 heteroatoms. The number of amides is 2. The maximum atomic E-state index is 12.3. The first-order chi connectivity index (χ1) is 13.8. The molecule has 2 rings (SSSR count). The Morgan fingerprint density at radius 2 is 1.72 bits per heavy atom. The average molecular weight is 418 g/mol. The number of carbonyl (C=O) groups is 2. The first-order valence-corrected chi connectivity index (χ1v) is 9.74. The highest BCUT2D eigenvalue weighted by Gasteiger charge is 2.29. The van der Waals surface area contributed by atoms with Gasteiger partial charge >= 0.3 is 0 Å². The Labute approximate surface area is 174 Å². The monoisotopic (exact) mass is 417 g/mol. The Balaban J connectivity index is 1.95. The zero-order valence-corrected chi connectivity index (χ0v) is 17.2. The topological polar surface area (TPSA) is 101 Å². The second-order valence-corrected chi connectivity index (χ2v) is 7.20. The van der Waals surface area contributed by atoms with Crippen LogP contribution in [0.15, 0.2) is 48.5 Å². The van der Waals surface area contributed by atoms with Crippen LogP contribution in [0.3, 0.4) is 0 Å². The Morgan fingerprint density at radius 3 is 2.31 bits per heavy atom. The van der Waals surface area contributed by atoms with Gasteiger partial charge in [0.15, 0.2) is 0 Å². The number of nitrogens with zero attached hydrogens (tertiary/aromatic N) is 1. The molecule has 0 aliphatic rings. The molecule has 0 fully saturated rings. The van der Waals surface area contributed by atoms with E-state index in [1.54, 1.807) is 0 Å². The van der Waals surface area contributed by atoms with Gasteiger partial charge in [-0.1, -0.05) is 43.6 Å². The van der Waals surface area contributed by atoms with E-state index in [1.807, 2.05) is 24.3 Å². The van der Waals surface area contributed by atoms with Gasteiger partial charge in [-0.05, 0) is 36.6 Å². The number of nitro groups is 1. The summed E-state index contributed by atoms with van der Waals surface area (Å²) in [6, 6.07) is 12.9. The SMILES string of the molecule is CCC(CC)(CNC(=O)CNC(=O)c1cccc([N+](=O)[O-])c1)c1ccc(Cl)cc1. The summed E-state index contributed by atoms with van der Waals surface area (Å²) in [5.74, 6) is -0.872. The third-order valence-corrected chi connectivity index (χ3v) is 5.41. The lowest BCUT2D eigenvalue weighted by Crippen LogP contribution is -2.44. The van der Waals surface area contributed by atoms with Crippen molar-refractivity contribution in [1.82, 2.24) is 10.6 Å². The molecular weight excluding hydrogens is 394 g/mol. The summed E-state index contributed by atoms with van der Waals surface area (Å²) in [6.07, 6.45) is 1.65. The summed E-state index contributed by atoms with van der Waals surface area (Å²) >= 11 is 5.98. The van der Waals surface area contributed by atoms with E-state index in [0.29, 0.717) is 11.6 Å². The van der Waals surface area contributed by atoms with Crippen LogP contribution in [0.5, 0.6) is 0 Å². The second-order valence-electron chi connectivity index (χ2n) is 6.76. The first-order valence-electron chi connectivity index (χ1n) is 9.36. The van der Waals surface area contributed by atoms with Crippen molar-refractivity contribution in [3.8, 4) is 0 Å². The maximum Gasteiger partial charge on any atom is 0.270 e. The number of nitro benzene ring substituents is 1. The molecule has 0 heterocycles. The number of hydrogen-bond donors (Lipinski definition) is 2. The molecule has 29 heavy (non-hydrogen) atoms. The van der Waals surface area contributed by atoms with Crippen molar-refractivity contribution < 1.29 is 14.5 Å². The van der Waals surface area contributed by atoms with Crippen molar-refractivity contribution in [2.24, 2.45) is 0 Å². The number of carbonyl (C=O) groups excluding carboxylic acids is 2. The zero-order chi connectivity index (χ0) is 21.4. The number of rotatable bonds is 9. The highest BCUT2D eigenvalue weighted by molar-refractivity contribution is 6.30. The third-order valence-electron chi connectivity index (χ3n) is 5.16. The van der Waals surface area contributed by atoms with Gasteiger partial charge in [-0.25, -0.2) is 0 Å². The predicted octanol–water partition coefficient (Wildman–Crippen LogP) is 3.85. The van der Waals surface area contributed by atoms with Crippen LogP contribution in [0.25, 0.3) is 0 Å². The minimum Gasteiger partial charge on any atom is -0.354 e. The number of halogens is 1. The lowest BCUT2D eigenvalue weighted by atomic mass is 9.76. The van der Waals surface area contributed by atoms with Crippen LogP contribution in [-0.4, -0.2) is 29.8 Å². The van der Waals surface area contributed by atoms with Crippen LogP contribution in [0.4, 0.5) is 5.69 Å². The summed E-state index contributed by atoms with van der Waals surface area (Å²) in [6.45, 7) is 4.33. The smallest absolute Gasteiger partial charge is 0.270 e. The van der Waals surface area contributed by atoms with Gasteiger partial charge in [0, 0.05) is 34.7 Å². The molecule has 0 bridgehead atoms. The first kappa shape index (κ1) is 22.4. The van der Waals surface area contributed by atoms with Crippen molar-refractivity contribution in [3.05, 3.63) is 74.8 Å². The van der Waals surface area contributed by atoms with E-state index in [4.69, 9.17) is 11.6 Å². The molecule has 0 radical (unpaired) electrons. The lowest BCUT2D eigenvalue weighted by Gasteiger charge is -2.32. The van der Waals surface area contributed by atoms with E-state index in [0.717, 1.165) is 18.4 Å². The minimum atomic E-state index is -0.574. The molecule has 2 N–H and O–H groups in total. The fourth-order valence-electron chi connectivity index (χ4n) is 3.17. The molecule has 7 nitrogen and oxygen atoms in total. The molecular formula is C21H24ClN3O4. The molecule has 0 saturated heterocycles. The van der Waals surface area contributed by atoms with Gasteiger partial charge in [0.2, 0.25) is 5.91 Å². The molecule has 0 aliphatic carbocycles. The number of nitrogens with one attached hydrogen (secondary N) is 2. The van der Waals surface area contributed by atoms with Crippen LogP contribution >= 0.6 is 11.6 Å². The standard InChI is InChI=1S/C21H24ClN3O4/c1-3-21(4-2,16-8-10-17(22)11-9-16)14-24-19(26)13-23-20(27)15-6-5-7-18(12-15)25(28)29/h5-12H,3-4,13-14H2,1-2H3,(H,23,27)(H,24,26). The van der Waals surface area contributed by atoms with Crippen LogP contribution in [0.2, 0.25) is 5.02 Å². The van der Waals surface area contributed by atoms with Gasteiger partial charge in [-0.2, -0.15) is 0 Å². The fraction of sp³-hybridized carbons (Fsp3) is 0.333.